The highest BCUT2D eigenvalue weighted by Crippen LogP contribution is 2.28. The Labute approximate surface area is 198 Å². The van der Waals surface area contributed by atoms with Crippen molar-refractivity contribution in [3.05, 3.63) is 108 Å². The zero-order valence-corrected chi connectivity index (χ0v) is 19.2. The van der Waals surface area contributed by atoms with Gasteiger partial charge in [-0.15, -0.1) is 0 Å². The number of aromatic nitrogens is 1. The van der Waals surface area contributed by atoms with E-state index < -0.39 is 22.0 Å². The summed E-state index contributed by atoms with van der Waals surface area (Å²) in [6.07, 6.45) is 1.53. The molecule has 0 aliphatic heterocycles. The molecule has 0 fully saturated rings. The van der Waals surface area contributed by atoms with Crippen molar-refractivity contribution in [3.63, 3.8) is 0 Å². The third kappa shape index (κ3) is 4.84. The number of hydrogen-bond acceptors (Lipinski definition) is 5. The summed E-state index contributed by atoms with van der Waals surface area (Å²) in [6, 6.07) is 23.2. The second-order valence-corrected chi connectivity index (χ2v) is 9.76. The molecule has 34 heavy (non-hydrogen) atoms. The van der Waals surface area contributed by atoms with Gasteiger partial charge in [-0.1, -0.05) is 72.8 Å². The SMILES string of the molecule is NCc1ccccc1CN([C@H](Cc1ccccc1)C(=O)O)S(=O)(=O)c1cccc2cccnc12. The molecule has 3 N–H and O–H groups in total. The number of sulfonamides is 1. The summed E-state index contributed by atoms with van der Waals surface area (Å²) < 4.78 is 29.2. The molecule has 0 aliphatic carbocycles. The summed E-state index contributed by atoms with van der Waals surface area (Å²) in [5, 5.41) is 10.8. The van der Waals surface area contributed by atoms with E-state index in [1.807, 2.05) is 18.2 Å². The van der Waals surface area contributed by atoms with Crippen LogP contribution >= 0.6 is 0 Å². The van der Waals surface area contributed by atoms with Crippen LogP contribution in [0.25, 0.3) is 10.9 Å². The van der Waals surface area contributed by atoms with Crippen molar-refractivity contribution in [2.24, 2.45) is 5.73 Å². The Morgan fingerprint density at radius 3 is 2.29 bits per heavy atom. The lowest BCUT2D eigenvalue weighted by Gasteiger charge is -2.29. The van der Waals surface area contributed by atoms with Gasteiger partial charge < -0.3 is 10.8 Å². The summed E-state index contributed by atoms with van der Waals surface area (Å²) >= 11 is 0. The third-order valence-corrected chi connectivity index (χ3v) is 7.64. The van der Waals surface area contributed by atoms with Gasteiger partial charge in [0, 0.05) is 24.7 Å². The topological polar surface area (TPSA) is 114 Å². The first-order valence-electron chi connectivity index (χ1n) is 10.8. The number of nitrogens with zero attached hydrogens (tertiary/aromatic N) is 2. The number of rotatable bonds is 9. The van der Waals surface area contributed by atoms with E-state index in [1.165, 1.54) is 12.3 Å². The van der Waals surface area contributed by atoms with E-state index in [0.29, 0.717) is 16.5 Å². The molecule has 0 aliphatic rings. The fraction of sp³-hybridized carbons (Fsp3) is 0.154. The average molecular weight is 476 g/mol. The lowest BCUT2D eigenvalue weighted by molar-refractivity contribution is -0.141. The van der Waals surface area contributed by atoms with Crippen LogP contribution < -0.4 is 5.73 Å². The normalized spacial score (nSPS) is 12.6. The zero-order chi connectivity index (χ0) is 24.1. The van der Waals surface area contributed by atoms with E-state index in [1.54, 1.807) is 60.7 Å². The smallest absolute Gasteiger partial charge is 0.322 e. The summed E-state index contributed by atoms with van der Waals surface area (Å²) in [5.41, 5.74) is 8.31. The van der Waals surface area contributed by atoms with Gasteiger partial charge in [-0.05, 0) is 35.2 Å². The molecule has 0 spiro atoms. The van der Waals surface area contributed by atoms with Crippen molar-refractivity contribution in [2.75, 3.05) is 0 Å². The molecule has 0 amide bonds. The Morgan fingerprint density at radius 2 is 1.59 bits per heavy atom. The van der Waals surface area contributed by atoms with Crippen LogP contribution in [0.4, 0.5) is 0 Å². The monoisotopic (exact) mass is 475 g/mol. The molecule has 4 rings (SSSR count). The minimum Gasteiger partial charge on any atom is -0.480 e. The van der Waals surface area contributed by atoms with Gasteiger partial charge in [-0.3, -0.25) is 9.78 Å². The minimum atomic E-state index is -4.27. The molecule has 7 nitrogen and oxygen atoms in total. The van der Waals surface area contributed by atoms with Crippen LogP contribution in [0.5, 0.6) is 0 Å². The summed E-state index contributed by atoms with van der Waals surface area (Å²) in [6.45, 7) is 0.0685. The molecule has 3 aromatic carbocycles. The van der Waals surface area contributed by atoms with Gasteiger partial charge in [0.1, 0.15) is 10.9 Å². The third-order valence-electron chi connectivity index (χ3n) is 5.75. The van der Waals surface area contributed by atoms with Gasteiger partial charge in [0.2, 0.25) is 10.0 Å². The Hall–Kier alpha value is -3.59. The van der Waals surface area contributed by atoms with Crippen LogP contribution in [-0.2, 0) is 34.3 Å². The Morgan fingerprint density at radius 1 is 0.912 bits per heavy atom. The van der Waals surface area contributed by atoms with Crippen LogP contribution in [0.15, 0.2) is 96.0 Å². The number of hydrogen-bond donors (Lipinski definition) is 2. The fourth-order valence-corrected chi connectivity index (χ4v) is 5.73. The number of nitrogens with two attached hydrogens (primary N) is 1. The second-order valence-electron chi connectivity index (χ2n) is 7.90. The molecule has 1 atom stereocenters. The Kier molecular flexibility index (Phi) is 7.02. The maximum Gasteiger partial charge on any atom is 0.322 e. The molecule has 0 bridgehead atoms. The molecule has 0 saturated carbocycles. The number of carboxylic acids is 1. The zero-order valence-electron chi connectivity index (χ0n) is 18.4. The van der Waals surface area contributed by atoms with Crippen LogP contribution in [-0.4, -0.2) is 34.8 Å². The molecule has 8 heteroatoms. The van der Waals surface area contributed by atoms with Crippen molar-refractivity contribution in [3.8, 4) is 0 Å². The lowest BCUT2D eigenvalue weighted by Crippen LogP contribution is -2.46. The number of aliphatic carboxylic acids is 1. The van der Waals surface area contributed by atoms with Crippen molar-refractivity contribution in [2.45, 2.75) is 30.4 Å². The summed E-state index contributed by atoms with van der Waals surface area (Å²) in [4.78, 5) is 16.7. The number of benzene rings is 3. The molecular weight excluding hydrogens is 450 g/mol. The predicted molar refractivity (Wildman–Crippen MR) is 130 cm³/mol. The maximum atomic E-state index is 14.1. The van der Waals surface area contributed by atoms with Gasteiger partial charge in [0.05, 0.1) is 5.52 Å². The summed E-state index contributed by atoms with van der Waals surface area (Å²) in [5.74, 6) is -1.23. The Bertz CT molecular complexity index is 1400. The molecule has 0 saturated heterocycles. The van der Waals surface area contributed by atoms with Gasteiger partial charge in [-0.2, -0.15) is 4.31 Å². The number of pyridine rings is 1. The first-order valence-corrected chi connectivity index (χ1v) is 12.2. The van der Waals surface area contributed by atoms with E-state index in [0.717, 1.165) is 15.4 Å². The molecule has 174 valence electrons. The van der Waals surface area contributed by atoms with Crippen LogP contribution in [0, 0.1) is 0 Å². The van der Waals surface area contributed by atoms with E-state index in [2.05, 4.69) is 4.98 Å². The van der Waals surface area contributed by atoms with E-state index >= 15 is 0 Å². The first-order chi connectivity index (χ1) is 16.4. The average Bonchev–Trinajstić information content (AvgIpc) is 2.86. The van der Waals surface area contributed by atoms with Gasteiger partial charge in [0.25, 0.3) is 0 Å². The first kappa shape index (κ1) is 23.6. The standard InChI is InChI=1S/C26H25N3O4S/c27-17-21-10-4-5-11-22(21)18-29(23(26(30)31)16-19-8-2-1-3-9-19)34(32,33)24-14-6-12-20-13-7-15-28-25(20)24/h1-15,23H,16-18,27H2,(H,30,31)/t23-/m1/s1. The molecule has 0 radical (unpaired) electrons. The molecule has 4 aromatic rings. The number of fused-ring (bicyclic) bond motifs is 1. The largest absolute Gasteiger partial charge is 0.480 e. The van der Waals surface area contributed by atoms with Crippen LogP contribution in [0.3, 0.4) is 0 Å². The van der Waals surface area contributed by atoms with Crippen molar-refractivity contribution in [1.29, 1.82) is 0 Å². The van der Waals surface area contributed by atoms with Crippen LogP contribution in [0.2, 0.25) is 0 Å². The number of carbonyl (C=O) groups is 1. The second kappa shape index (κ2) is 10.1. The van der Waals surface area contributed by atoms with Crippen molar-refractivity contribution in [1.82, 2.24) is 9.29 Å². The highest BCUT2D eigenvalue weighted by atomic mass is 32.2. The lowest BCUT2D eigenvalue weighted by atomic mass is 10.0. The Balaban J connectivity index is 1.87. The van der Waals surface area contributed by atoms with E-state index in [4.69, 9.17) is 5.73 Å². The summed E-state index contributed by atoms with van der Waals surface area (Å²) in [7, 11) is -4.27. The van der Waals surface area contributed by atoms with Gasteiger partial charge in [0.15, 0.2) is 0 Å². The van der Waals surface area contributed by atoms with Crippen LogP contribution in [0.1, 0.15) is 16.7 Å². The number of para-hydroxylation sites is 1. The fourth-order valence-electron chi connectivity index (χ4n) is 4.00. The molecule has 1 aromatic heterocycles. The van der Waals surface area contributed by atoms with Crippen molar-refractivity contribution < 1.29 is 18.3 Å². The van der Waals surface area contributed by atoms with E-state index in [-0.39, 0.29) is 24.4 Å². The molecule has 0 unspecified atom stereocenters. The minimum absolute atomic E-state index is 0.0123. The molecule has 1 heterocycles. The quantitative estimate of drug-likeness (QED) is 0.383. The number of carboxylic acid groups (broad SMARTS) is 1. The highest BCUT2D eigenvalue weighted by molar-refractivity contribution is 7.89. The maximum absolute atomic E-state index is 14.1. The van der Waals surface area contributed by atoms with Gasteiger partial charge >= 0.3 is 5.97 Å². The van der Waals surface area contributed by atoms with Crippen molar-refractivity contribution >= 4 is 26.9 Å². The highest BCUT2D eigenvalue weighted by Gasteiger charge is 2.37. The van der Waals surface area contributed by atoms with Gasteiger partial charge in [-0.25, -0.2) is 8.42 Å². The van der Waals surface area contributed by atoms with E-state index in [9.17, 15) is 18.3 Å². The molecular formula is C26H25N3O4S. The predicted octanol–water partition coefficient (Wildman–Crippen LogP) is 3.58.